The van der Waals surface area contributed by atoms with E-state index in [9.17, 15) is 14.4 Å². The maximum atomic E-state index is 13.7. The summed E-state index contributed by atoms with van der Waals surface area (Å²) in [6, 6.07) is 15.3. The zero-order valence-electron chi connectivity index (χ0n) is 17.6. The van der Waals surface area contributed by atoms with Gasteiger partial charge in [0.25, 0.3) is 5.56 Å². The molecule has 8 nitrogen and oxygen atoms in total. The molecule has 2 aliphatic rings. The van der Waals surface area contributed by atoms with Crippen LogP contribution in [0.1, 0.15) is 24.0 Å². The summed E-state index contributed by atoms with van der Waals surface area (Å²) in [5.41, 5.74) is 1.68. The van der Waals surface area contributed by atoms with Crippen LogP contribution in [-0.2, 0) is 25.6 Å². The molecule has 0 radical (unpaired) electrons. The lowest BCUT2D eigenvalue weighted by molar-refractivity contribution is -0.170. The molecular formula is C24H23N3O5. The predicted molar refractivity (Wildman–Crippen MR) is 116 cm³/mol. The van der Waals surface area contributed by atoms with Crippen molar-refractivity contribution >= 4 is 23.4 Å². The van der Waals surface area contributed by atoms with Crippen LogP contribution in [0.15, 0.2) is 59.5 Å². The summed E-state index contributed by atoms with van der Waals surface area (Å²) in [6.45, 7) is 3.02. The van der Waals surface area contributed by atoms with Crippen molar-refractivity contribution in [3.05, 3.63) is 76.2 Å². The number of nitrogens with zero attached hydrogens (tertiary/aromatic N) is 3. The zero-order valence-corrected chi connectivity index (χ0v) is 17.6. The number of hydrogen-bond donors (Lipinski definition) is 0. The van der Waals surface area contributed by atoms with Gasteiger partial charge in [0.2, 0.25) is 0 Å². The van der Waals surface area contributed by atoms with Crippen LogP contribution in [0.3, 0.4) is 0 Å². The lowest BCUT2D eigenvalue weighted by Crippen LogP contribution is -2.52. The Morgan fingerprint density at radius 1 is 1.16 bits per heavy atom. The largest absolute Gasteiger partial charge is 0.465 e. The van der Waals surface area contributed by atoms with Crippen molar-refractivity contribution in [2.45, 2.75) is 19.4 Å². The first-order valence-electron chi connectivity index (χ1n) is 10.7. The SMILES string of the molecule is CCOC(=O)[C@H]1C(=O)OCC2CN(Cc3ccccc3)c3nc4ccccn4c(=O)c3[C@H]21. The van der Waals surface area contributed by atoms with E-state index < -0.39 is 23.8 Å². The quantitative estimate of drug-likeness (QED) is 0.460. The maximum absolute atomic E-state index is 13.7. The van der Waals surface area contributed by atoms with Gasteiger partial charge in [-0.05, 0) is 24.6 Å². The fraction of sp³-hybridized carbons (Fsp3) is 0.333. The number of carbonyl (C=O) groups excluding carboxylic acids is 2. The molecule has 0 amide bonds. The number of esters is 2. The summed E-state index contributed by atoms with van der Waals surface area (Å²) in [7, 11) is 0. The third-order valence-electron chi connectivity index (χ3n) is 6.15. The Morgan fingerprint density at radius 2 is 1.94 bits per heavy atom. The minimum absolute atomic E-state index is 0.140. The molecule has 3 aromatic rings. The van der Waals surface area contributed by atoms with Crippen molar-refractivity contribution in [1.82, 2.24) is 9.38 Å². The van der Waals surface area contributed by atoms with Crippen molar-refractivity contribution in [3.8, 4) is 0 Å². The van der Waals surface area contributed by atoms with Gasteiger partial charge in [-0.25, -0.2) is 4.98 Å². The highest BCUT2D eigenvalue weighted by Crippen LogP contribution is 2.44. The molecule has 0 spiro atoms. The maximum Gasteiger partial charge on any atom is 0.320 e. The van der Waals surface area contributed by atoms with E-state index in [0.717, 1.165) is 5.56 Å². The van der Waals surface area contributed by atoms with Crippen LogP contribution in [0.4, 0.5) is 5.82 Å². The van der Waals surface area contributed by atoms with Crippen LogP contribution in [0.25, 0.3) is 5.65 Å². The minimum atomic E-state index is -1.18. The molecule has 164 valence electrons. The first kappa shape index (κ1) is 20.2. The van der Waals surface area contributed by atoms with Gasteiger partial charge in [-0.15, -0.1) is 0 Å². The molecular weight excluding hydrogens is 410 g/mol. The molecule has 8 heteroatoms. The zero-order chi connectivity index (χ0) is 22.2. The molecule has 2 aliphatic heterocycles. The fourth-order valence-corrected chi connectivity index (χ4v) is 4.78. The van der Waals surface area contributed by atoms with Crippen LogP contribution in [-0.4, -0.2) is 41.1 Å². The van der Waals surface area contributed by atoms with Crippen LogP contribution in [0, 0.1) is 11.8 Å². The highest BCUT2D eigenvalue weighted by Gasteiger charge is 2.51. The van der Waals surface area contributed by atoms with E-state index in [-0.39, 0.29) is 24.7 Å². The summed E-state index contributed by atoms with van der Waals surface area (Å²) in [6.07, 6.45) is 1.65. The second-order valence-electron chi connectivity index (χ2n) is 8.09. The van der Waals surface area contributed by atoms with Gasteiger partial charge in [0.15, 0.2) is 5.92 Å². The van der Waals surface area contributed by atoms with Crippen LogP contribution in [0.2, 0.25) is 0 Å². The van der Waals surface area contributed by atoms with Crippen LogP contribution >= 0.6 is 0 Å². The molecule has 1 fully saturated rings. The Hall–Kier alpha value is -3.68. The summed E-state index contributed by atoms with van der Waals surface area (Å²) >= 11 is 0. The molecule has 4 heterocycles. The topological polar surface area (TPSA) is 90.2 Å². The fourth-order valence-electron chi connectivity index (χ4n) is 4.78. The smallest absolute Gasteiger partial charge is 0.320 e. The van der Waals surface area contributed by atoms with Gasteiger partial charge < -0.3 is 14.4 Å². The molecule has 0 aliphatic carbocycles. The van der Waals surface area contributed by atoms with Gasteiger partial charge in [-0.1, -0.05) is 36.4 Å². The van der Waals surface area contributed by atoms with E-state index in [4.69, 9.17) is 14.5 Å². The van der Waals surface area contributed by atoms with Gasteiger partial charge in [-0.2, -0.15) is 0 Å². The molecule has 2 aromatic heterocycles. The van der Waals surface area contributed by atoms with Crippen molar-refractivity contribution < 1.29 is 19.1 Å². The molecule has 1 saturated heterocycles. The number of pyridine rings is 1. The van der Waals surface area contributed by atoms with Crippen LogP contribution < -0.4 is 10.5 Å². The Kier molecular flexibility index (Phi) is 5.13. The third-order valence-corrected chi connectivity index (χ3v) is 6.15. The highest BCUT2D eigenvalue weighted by atomic mass is 16.6. The number of fused-ring (bicyclic) bond motifs is 4. The number of benzene rings is 1. The van der Waals surface area contributed by atoms with E-state index in [1.165, 1.54) is 4.40 Å². The first-order chi connectivity index (χ1) is 15.6. The molecule has 3 atom stereocenters. The van der Waals surface area contributed by atoms with Gasteiger partial charge in [0.1, 0.15) is 11.5 Å². The molecule has 0 saturated carbocycles. The number of anilines is 1. The Bertz CT molecular complexity index is 1240. The van der Waals surface area contributed by atoms with Crippen molar-refractivity contribution in [1.29, 1.82) is 0 Å². The molecule has 5 rings (SSSR count). The molecule has 0 bridgehead atoms. The predicted octanol–water partition coefficient (Wildman–Crippen LogP) is 2.15. The van der Waals surface area contributed by atoms with Gasteiger partial charge in [-0.3, -0.25) is 18.8 Å². The second kappa shape index (κ2) is 8.11. The Balaban J connectivity index is 1.70. The monoisotopic (exact) mass is 433 g/mol. The van der Waals surface area contributed by atoms with Gasteiger partial charge >= 0.3 is 11.9 Å². The van der Waals surface area contributed by atoms with E-state index >= 15 is 0 Å². The Labute approximate surface area is 184 Å². The highest BCUT2D eigenvalue weighted by molar-refractivity contribution is 5.97. The minimum Gasteiger partial charge on any atom is -0.465 e. The number of aromatic nitrogens is 2. The normalized spacial score (nSPS) is 22.1. The summed E-state index contributed by atoms with van der Waals surface area (Å²) in [4.78, 5) is 45.9. The van der Waals surface area contributed by atoms with Crippen molar-refractivity contribution in [2.24, 2.45) is 11.8 Å². The molecule has 0 N–H and O–H groups in total. The standard InChI is InChI=1S/C24H23N3O5/c1-2-31-23(29)20-18-16(14-32-24(20)30)13-26(12-15-8-4-3-5-9-15)21-19(18)22(28)27-11-7-6-10-17(27)25-21/h3-11,16,18,20H,2,12-14H2,1H3/t16?,18-,20-/m0/s1. The van der Waals surface area contributed by atoms with Gasteiger partial charge in [0, 0.05) is 31.1 Å². The average Bonchev–Trinajstić information content (AvgIpc) is 2.80. The summed E-state index contributed by atoms with van der Waals surface area (Å²) in [5, 5.41) is 0. The van der Waals surface area contributed by atoms with Gasteiger partial charge in [0.05, 0.1) is 18.8 Å². The lowest BCUT2D eigenvalue weighted by atomic mass is 9.73. The first-order valence-corrected chi connectivity index (χ1v) is 10.7. The van der Waals surface area contributed by atoms with Crippen LogP contribution in [0.5, 0.6) is 0 Å². The van der Waals surface area contributed by atoms with E-state index in [1.807, 2.05) is 41.3 Å². The second-order valence-corrected chi connectivity index (χ2v) is 8.09. The molecule has 32 heavy (non-hydrogen) atoms. The van der Waals surface area contributed by atoms with Crippen molar-refractivity contribution in [3.63, 3.8) is 0 Å². The average molecular weight is 433 g/mol. The van der Waals surface area contributed by atoms with Crippen molar-refractivity contribution in [2.75, 3.05) is 24.7 Å². The van der Waals surface area contributed by atoms with E-state index in [2.05, 4.69) is 0 Å². The summed E-state index contributed by atoms with van der Waals surface area (Å²) < 4.78 is 12.0. The third kappa shape index (κ3) is 3.32. The molecule has 1 unspecified atom stereocenters. The number of rotatable bonds is 4. The number of hydrogen-bond acceptors (Lipinski definition) is 7. The van der Waals surface area contributed by atoms with E-state index in [1.54, 1.807) is 25.3 Å². The number of carbonyl (C=O) groups is 2. The van der Waals surface area contributed by atoms with E-state index in [0.29, 0.717) is 30.1 Å². The number of cyclic esters (lactones) is 1. The molecule has 1 aromatic carbocycles. The lowest BCUT2D eigenvalue weighted by Gasteiger charge is -2.43. The Morgan fingerprint density at radius 3 is 2.72 bits per heavy atom. The number of ether oxygens (including phenoxy) is 2. The summed E-state index contributed by atoms with van der Waals surface area (Å²) in [5.74, 6) is -2.85.